The Labute approximate surface area is 229 Å². The minimum atomic E-state index is -0.280. The molecule has 0 spiro atoms. The fourth-order valence-electron chi connectivity index (χ4n) is 8.94. The Balaban J connectivity index is 1.07. The van der Waals surface area contributed by atoms with Gasteiger partial charge >= 0.3 is 0 Å². The van der Waals surface area contributed by atoms with Gasteiger partial charge in [0.2, 0.25) is 23.6 Å². The van der Waals surface area contributed by atoms with E-state index in [1.807, 2.05) is 36.4 Å². The van der Waals surface area contributed by atoms with E-state index in [4.69, 9.17) is 0 Å². The number of nitrogens with zero attached hydrogens (tertiary/aromatic N) is 2. The second kappa shape index (κ2) is 8.73. The Hall–Kier alpha value is -3.54. The van der Waals surface area contributed by atoms with Gasteiger partial charge in [-0.05, 0) is 61.0 Å². The van der Waals surface area contributed by atoms with E-state index in [1.54, 1.807) is 0 Å². The number of allylic oxidation sites excluding steroid dienone is 6. The van der Waals surface area contributed by atoms with Crippen molar-refractivity contribution < 1.29 is 19.2 Å². The molecule has 8 unspecified atom stereocenters. The maximum absolute atomic E-state index is 13.6. The molecule has 39 heavy (non-hydrogen) atoms. The maximum atomic E-state index is 13.6. The van der Waals surface area contributed by atoms with Crippen LogP contribution in [0.4, 0.5) is 0 Å². The summed E-state index contributed by atoms with van der Waals surface area (Å²) in [5, 5.41) is 0. The van der Waals surface area contributed by atoms with Crippen molar-refractivity contribution >= 4 is 23.6 Å². The van der Waals surface area contributed by atoms with Crippen molar-refractivity contribution in [3.05, 3.63) is 84.5 Å². The van der Waals surface area contributed by atoms with Crippen LogP contribution < -0.4 is 0 Å². The summed E-state index contributed by atoms with van der Waals surface area (Å²) in [5.41, 5.74) is 2.69. The number of hydrogen-bond acceptors (Lipinski definition) is 4. The van der Waals surface area contributed by atoms with E-state index < -0.39 is 0 Å². The Kier molecular flexibility index (Phi) is 5.49. The average molecular weight is 523 g/mol. The van der Waals surface area contributed by atoms with Gasteiger partial charge in [-0.2, -0.15) is 0 Å². The van der Waals surface area contributed by atoms with Crippen LogP contribution in [0.1, 0.15) is 43.2 Å². The van der Waals surface area contributed by atoms with Crippen LogP contribution >= 0.6 is 0 Å². The molecule has 6 heteroatoms. The van der Waals surface area contributed by atoms with Crippen LogP contribution in [0.2, 0.25) is 0 Å². The van der Waals surface area contributed by atoms with Gasteiger partial charge in [0.05, 0.1) is 36.8 Å². The van der Waals surface area contributed by atoms with Crippen LogP contribution in [0, 0.1) is 46.8 Å². The van der Waals surface area contributed by atoms with Gasteiger partial charge < -0.3 is 0 Å². The molecule has 4 bridgehead atoms. The quantitative estimate of drug-likeness (QED) is 0.351. The van der Waals surface area contributed by atoms with Crippen LogP contribution in [0.3, 0.4) is 0 Å². The second-order valence-electron chi connectivity index (χ2n) is 12.4. The first-order valence-corrected chi connectivity index (χ1v) is 14.3. The van der Waals surface area contributed by atoms with Crippen molar-refractivity contribution in [2.75, 3.05) is 0 Å². The van der Waals surface area contributed by atoms with Crippen LogP contribution in [0.25, 0.3) is 0 Å². The highest BCUT2D eigenvalue weighted by atomic mass is 16.2. The molecule has 200 valence electrons. The number of rotatable bonds is 9. The van der Waals surface area contributed by atoms with Gasteiger partial charge in [-0.3, -0.25) is 29.0 Å². The highest BCUT2D eigenvalue weighted by Gasteiger charge is 2.65. The minimum Gasteiger partial charge on any atom is -0.278 e. The molecule has 1 aromatic rings. The smallest absolute Gasteiger partial charge is 0.234 e. The zero-order chi connectivity index (χ0) is 27.1. The van der Waals surface area contributed by atoms with Crippen LogP contribution in [-0.4, -0.2) is 33.4 Å². The monoisotopic (exact) mass is 522 g/mol. The van der Waals surface area contributed by atoms with Crippen molar-refractivity contribution in [2.24, 2.45) is 46.8 Å². The lowest BCUT2D eigenvalue weighted by Gasteiger charge is -2.30. The SMILES string of the molecule is C=CCCC12C=CC(C1)C1C(=O)N(Cc3cccc(CN4C(=O)C5C6C=C(CC=C)C(C6)C5C4=O)c3)C(=O)C12. The number of imide groups is 2. The molecule has 0 aromatic heterocycles. The van der Waals surface area contributed by atoms with Crippen molar-refractivity contribution in [1.82, 2.24) is 9.80 Å². The van der Waals surface area contributed by atoms with E-state index in [2.05, 4.69) is 31.4 Å². The first-order valence-electron chi connectivity index (χ1n) is 14.3. The predicted octanol–water partition coefficient (Wildman–Crippen LogP) is 4.58. The van der Waals surface area contributed by atoms with E-state index in [1.165, 1.54) is 15.4 Å². The normalized spacial score (nSPS) is 37.2. The number of carbonyl (C=O) groups is 4. The number of amides is 4. The Bertz CT molecular complexity index is 1390. The number of carbonyl (C=O) groups excluding carboxylic acids is 4. The summed E-state index contributed by atoms with van der Waals surface area (Å²) >= 11 is 0. The van der Waals surface area contributed by atoms with E-state index in [-0.39, 0.29) is 83.6 Å². The molecule has 8 atom stereocenters. The first kappa shape index (κ1) is 24.5. The molecule has 2 saturated carbocycles. The van der Waals surface area contributed by atoms with Crippen molar-refractivity contribution in [1.29, 1.82) is 0 Å². The summed E-state index contributed by atoms with van der Waals surface area (Å²) in [5.74, 6) is -0.865. The zero-order valence-electron chi connectivity index (χ0n) is 22.1. The summed E-state index contributed by atoms with van der Waals surface area (Å²) in [6.07, 6.45) is 14.5. The lowest BCUT2D eigenvalue weighted by atomic mass is 9.72. The Morgan fingerprint density at radius 2 is 1.56 bits per heavy atom. The third kappa shape index (κ3) is 3.39. The van der Waals surface area contributed by atoms with Gasteiger partial charge in [-0.1, -0.05) is 60.2 Å². The lowest BCUT2D eigenvalue weighted by molar-refractivity contribution is -0.143. The third-order valence-electron chi connectivity index (χ3n) is 10.5. The lowest BCUT2D eigenvalue weighted by Crippen LogP contribution is -2.35. The van der Waals surface area contributed by atoms with Gasteiger partial charge in [0.25, 0.3) is 0 Å². The standard InChI is InChI=1S/C33H34N2O4/c1-3-5-11-33-12-10-22(16-33)26-28(33)32(39)35(30(26)37)18-20-9-6-8-19(13-20)17-34-29(36)25-23-14-21(7-4-2)24(15-23)27(25)31(34)38/h3-4,6,8-10,12-14,22-28H,1-2,5,7,11,15-18H2. The molecule has 2 aliphatic heterocycles. The number of benzene rings is 1. The number of likely N-dealkylation sites (tertiary alicyclic amines) is 2. The molecule has 4 fully saturated rings. The molecule has 2 saturated heterocycles. The first-order chi connectivity index (χ1) is 18.9. The fraction of sp³-hybridized carbons (Fsp3) is 0.455. The van der Waals surface area contributed by atoms with Gasteiger partial charge in [0, 0.05) is 5.41 Å². The van der Waals surface area contributed by atoms with Gasteiger partial charge in [0.1, 0.15) is 0 Å². The molecule has 4 aliphatic carbocycles. The largest absolute Gasteiger partial charge is 0.278 e. The van der Waals surface area contributed by atoms with Crippen LogP contribution in [-0.2, 0) is 32.3 Å². The van der Waals surface area contributed by atoms with E-state index >= 15 is 0 Å². The molecule has 0 N–H and O–H groups in total. The fourth-order valence-corrected chi connectivity index (χ4v) is 8.94. The summed E-state index contributed by atoms with van der Waals surface area (Å²) in [7, 11) is 0. The number of fused-ring (bicyclic) bond motifs is 10. The van der Waals surface area contributed by atoms with E-state index in [0.29, 0.717) is 0 Å². The van der Waals surface area contributed by atoms with E-state index in [9.17, 15) is 19.2 Å². The molecule has 6 nitrogen and oxygen atoms in total. The van der Waals surface area contributed by atoms with Gasteiger partial charge in [-0.15, -0.1) is 13.2 Å². The minimum absolute atomic E-state index is 0.0666. The summed E-state index contributed by atoms with van der Waals surface area (Å²) in [6, 6.07) is 7.63. The summed E-state index contributed by atoms with van der Waals surface area (Å²) in [4.78, 5) is 56.7. The van der Waals surface area contributed by atoms with E-state index in [0.717, 1.165) is 43.2 Å². The predicted molar refractivity (Wildman–Crippen MR) is 145 cm³/mol. The Morgan fingerprint density at radius 3 is 2.28 bits per heavy atom. The van der Waals surface area contributed by atoms with Crippen molar-refractivity contribution in [3.63, 3.8) is 0 Å². The highest BCUT2D eigenvalue weighted by molar-refractivity contribution is 6.07. The third-order valence-corrected chi connectivity index (χ3v) is 10.5. The molecule has 4 amide bonds. The van der Waals surface area contributed by atoms with Gasteiger partial charge in [-0.25, -0.2) is 0 Å². The van der Waals surface area contributed by atoms with Gasteiger partial charge in [0.15, 0.2) is 0 Å². The molecule has 2 heterocycles. The summed E-state index contributed by atoms with van der Waals surface area (Å²) < 4.78 is 0. The highest BCUT2D eigenvalue weighted by Crippen LogP contribution is 2.62. The molecule has 7 rings (SSSR count). The summed E-state index contributed by atoms with van der Waals surface area (Å²) in [6.45, 7) is 8.12. The average Bonchev–Trinajstić information content (AvgIpc) is 3.76. The molecular weight excluding hydrogens is 488 g/mol. The van der Waals surface area contributed by atoms with Crippen LogP contribution in [0.5, 0.6) is 0 Å². The Morgan fingerprint density at radius 1 is 0.872 bits per heavy atom. The zero-order valence-corrected chi connectivity index (χ0v) is 22.1. The topological polar surface area (TPSA) is 74.8 Å². The molecule has 1 aromatic carbocycles. The maximum Gasteiger partial charge on any atom is 0.234 e. The van der Waals surface area contributed by atoms with Crippen molar-refractivity contribution in [3.8, 4) is 0 Å². The molecule has 6 aliphatic rings. The molecular formula is C33H34N2O4. The second-order valence-corrected chi connectivity index (χ2v) is 12.4. The van der Waals surface area contributed by atoms with Crippen molar-refractivity contribution in [2.45, 2.75) is 45.2 Å². The van der Waals surface area contributed by atoms with Crippen LogP contribution in [0.15, 0.2) is 73.4 Å². The molecule has 0 radical (unpaired) electrons. The number of hydrogen-bond donors (Lipinski definition) is 0.